The summed E-state index contributed by atoms with van der Waals surface area (Å²) in [4.78, 5) is 0. The number of rotatable bonds is 3. The van der Waals surface area contributed by atoms with E-state index in [1.54, 1.807) is 0 Å². The normalized spacial score (nSPS) is 14.4. The number of anilines is 1. The molecule has 5 heteroatoms. The Morgan fingerprint density at radius 3 is 2.90 bits per heavy atom. The van der Waals surface area contributed by atoms with Crippen molar-refractivity contribution in [3.05, 3.63) is 35.5 Å². The highest BCUT2D eigenvalue weighted by Crippen LogP contribution is 2.32. The predicted molar refractivity (Wildman–Crippen MR) is 80.6 cm³/mol. The molecule has 112 valence electrons. The number of fused-ring (bicyclic) bond motifs is 1. The van der Waals surface area contributed by atoms with E-state index >= 15 is 0 Å². The van der Waals surface area contributed by atoms with Gasteiger partial charge in [0.05, 0.1) is 5.69 Å². The van der Waals surface area contributed by atoms with Gasteiger partial charge in [-0.1, -0.05) is 32.9 Å². The molecular formula is C16H21N3O2. The van der Waals surface area contributed by atoms with Gasteiger partial charge in [0, 0.05) is 12.0 Å². The maximum atomic E-state index is 5.86. The van der Waals surface area contributed by atoms with Gasteiger partial charge in [0.25, 0.3) is 5.89 Å². The zero-order valence-electron chi connectivity index (χ0n) is 12.8. The summed E-state index contributed by atoms with van der Waals surface area (Å²) in [6, 6.07) is 6.13. The van der Waals surface area contributed by atoms with E-state index in [0.717, 1.165) is 30.8 Å². The fourth-order valence-electron chi connectivity index (χ4n) is 2.35. The fourth-order valence-corrected chi connectivity index (χ4v) is 2.35. The van der Waals surface area contributed by atoms with Crippen LogP contribution in [0.15, 0.2) is 22.6 Å². The van der Waals surface area contributed by atoms with Crippen molar-refractivity contribution in [2.45, 2.75) is 45.6 Å². The van der Waals surface area contributed by atoms with Crippen molar-refractivity contribution in [2.24, 2.45) is 0 Å². The van der Waals surface area contributed by atoms with Gasteiger partial charge >= 0.3 is 0 Å². The SMILES string of the molecule is CC(C)(C)c1nnc(COc2cccc3c2NCCC3)o1. The van der Waals surface area contributed by atoms with Crippen molar-refractivity contribution >= 4 is 5.69 Å². The third-order valence-corrected chi connectivity index (χ3v) is 3.50. The van der Waals surface area contributed by atoms with Crippen LogP contribution < -0.4 is 10.1 Å². The second-order valence-corrected chi connectivity index (χ2v) is 6.36. The summed E-state index contributed by atoms with van der Waals surface area (Å²) in [5.41, 5.74) is 2.26. The van der Waals surface area contributed by atoms with Crippen molar-refractivity contribution in [1.29, 1.82) is 0 Å². The standard InChI is InChI=1S/C16H21N3O2/c1-16(2,3)15-19-18-13(21-15)10-20-12-8-4-6-11-7-5-9-17-14(11)12/h4,6,8,17H,5,7,9-10H2,1-3H3. The second kappa shape index (κ2) is 5.39. The van der Waals surface area contributed by atoms with Crippen LogP contribution in [0.4, 0.5) is 5.69 Å². The first-order valence-electron chi connectivity index (χ1n) is 7.35. The van der Waals surface area contributed by atoms with Crippen LogP contribution in [0.3, 0.4) is 0 Å². The largest absolute Gasteiger partial charge is 0.482 e. The third-order valence-electron chi connectivity index (χ3n) is 3.50. The minimum atomic E-state index is -0.140. The molecule has 21 heavy (non-hydrogen) atoms. The van der Waals surface area contributed by atoms with Gasteiger partial charge in [-0.25, -0.2) is 0 Å². The highest BCUT2D eigenvalue weighted by atomic mass is 16.5. The number of nitrogens with zero attached hydrogens (tertiary/aromatic N) is 2. The fraction of sp³-hybridized carbons (Fsp3) is 0.500. The first-order chi connectivity index (χ1) is 10.0. The molecule has 0 saturated carbocycles. The van der Waals surface area contributed by atoms with Crippen LogP contribution in [-0.4, -0.2) is 16.7 Å². The van der Waals surface area contributed by atoms with E-state index in [0.29, 0.717) is 18.4 Å². The van der Waals surface area contributed by atoms with Crippen molar-refractivity contribution in [3.63, 3.8) is 0 Å². The van der Waals surface area contributed by atoms with E-state index in [1.165, 1.54) is 5.56 Å². The van der Waals surface area contributed by atoms with Crippen molar-refractivity contribution in [1.82, 2.24) is 10.2 Å². The molecule has 1 aromatic heterocycles. The maximum absolute atomic E-state index is 5.86. The average Bonchev–Trinajstić information content (AvgIpc) is 2.94. The van der Waals surface area contributed by atoms with Crippen LogP contribution in [0, 0.1) is 0 Å². The van der Waals surface area contributed by atoms with E-state index in [1.807, 2.05) is 32.9 Å². The molecule has 0 spiro atoms. The molecule has 1 aromatic carbocycles. The molecular weight excluding hydrogens is 266 g/mol. The van der Waals surface area contributed by atoms with Gasteiger partial charge in [-0.2, -0.15) is 0 Å². The number of aryl methyl sites for hydroxylation is 1. The lowest BCUT2D eigenvalue weighted by Crippen LogP contribution is -2.13. The molecule has 0 fully saturated rings. The molecule has 1 N–H and O–H groups in total. The molecule has 0 amide bonds. The number of aromatic nitrogens is 2. The lowest BCUT2D eigenvalue weighted by Gasteiger charge is -2.20. The van der Waals surface area contributed by atoms with E-state index < -0.39 is 0 Å². The predicted octanol–water partition coefficient (Wildman–Crippen LogP) is 3.30. The van der Waals surface area contributed by atoms with Crippen LogP contribution >= 0.6 is 0 Å². The van der Waals surface area contributed by atoms with Gasteiger partial charge < -0.3 is 14.5 Å². The Hall–Kier alpha value is -2.04. The first-order valence-corrected chi connectivity index (χ1v) is 7.35. The molecule has 0 bridgehead atoms. The van der Waals surface area contributed by atoms with Crippen LogP contribution in [0.1, 0.15) is 44.5 Å². The minimum Gasteiger partial charge on any atom is -0.482 e. The molecule has 0 atom stereocenters. The second-order valence-electron chi connectivity index (χ2n) is 6.36. The number of hydrogen-bond acceptors (Lipinski definition) is 5. The minimum absolute atomic E-state index is 0.140. The Kier molecular flexibility index (Phi) is 3.57. The highest BCUT2D eigenvalue weighted by Gasteiger charge is 2.22. The Balaban J connectivity index is 1.72. The quantitative estimate of drug-likeness (QED) is 0.938. The average molecular weight is 287 g/mol. The molecule has 2 aromatic rings. The van der Waals surface area contributed by atoms with Gasteiger partial charge in [-0.3, -0.25) is 0 Å². The van der Waals surface area contributed by atoms with Crippen LogP contribution in [0.25, 0.3) is 0 Å². The maximum Gasteiger partial charge on any atom is 0.253 e. The molecule has 0 radical (unpaired) electrons. The van der Waals surface area contributed by atoms with E-state index in [2.05, 4.69) is 21.6 Å². The van der Waals surface area contributed by atoms with Gasteiger partial charge in [-0.05, 0) is 24.5 Å². The van der Waals surface area contributed by atoms with Gasteiger partial charge in [0.15, 0.2) is 6.61 Å². The van der Waals surface area contributed by atoms with Crippen molar-refractivity contribution in [3.8, 4) is 5.75 Å². The Morgan fingerprint density at radius 1 is 1.29 bits per heavy atom. The van der Waals surface area contributed by atoms with Crippen LogP contribution in [0.5, 0.6) is 5.75 Å². The topological polar surface area (TPSA) is 60.2 Å². The number of benzene rings is 1. The van der Waals surface area contributed by atoms with Gasteiger partial charge in [0.1, 0.15) is 5.75 Å². The number of hydrogen-bond donors (Lipinski definition) is 1. The zero-order valence-corrected chi connectivity index (χ0v) is 12.8. The van der Waals surface area contributed by atoms with Crippen LogP contribution in [0.2, 0.25) is 0 Å². The number of nitrogens with one attached hydrogen (secondary N) is 1. The smallest absolute Gasteiger partial charge is 0.253 e. The van der Waals surface area contributed by atoms with Gasteiger partial charge in [0.2, 0.25) is 5.89 Å². The van der Waals surface area contributed by atoms with E-state index in [-0.39, 0.29) is 5.41 Å². The molecule has 0 saturated heterocycles. The Labute approximate surface area is 124 Å². The molecule has 1 aliphatic heterocycles. The van der Waals surface area contributed by atoms with Crippen molar-refractivity contribution in [2.75, 3.05) is 11.9 Å². The molecule has 1 aliphatic rings. The summed E-state index contributed by atoms with van der Waals surface area (Å²) >= 11 is 0. The summed E-state index contributed by atoms with van der Waals surface area (Å²) < 4.78 is 11.5. The third kappa shape index (κ3) is 3.01. The lowest BCUT2D eigenvalue weighted by molar-refractivity contribution is 0.252. The molecule has 0 aliphatic carbocycles. The zero-order chi connectivity index (χ0) is 14.9. The van der Waals surface area contributed by atoms with E-state index in [9.17, 15) is 0 Å². The summed E-state index contributed by atoms with van der Waals surface area (Å²) in [6.07, 6.45) is 2.25. The van der Waals surface area contributed by atoms with Gasteiger partial charge in [-0.15, -0.1) is 10.2 Å². The molecule has 2 heterocycles. The lowest BCUT2D eigenvalue weighted by atomic mass is 9.97. The number of ether oxygens (including phenoxy) is 1. The monoisotopic (exact) mass is 287 g/mol. The summed E-state index contributed by atoms with van der Waals surface area (Å²) in [6.45, 7) is 7.41. The van der Waals surface area contributed by atoms with E-state index in [4.69, 9.17) is 9.15 Å². The molecule has 0 unspecified atom stereocenters. The summed E-state index contributed by atoms with van der Waals surface area (Å²) in [5.74, 6) is 1.99. The highest BCUT2D eigenvalue weighted by molar-refractivity contribution is 5.63. The number of para-hydroxylation sites is 1. The Bertz CT molecular complexity index is 629. The Morgan fingerprint density at radius 2 is 2.14 bits per heavy atom. The summed E-state index contributed by atoms with van der Waals surface area (Å²) in [5, 5.41) is 11.5. The summed E-state index contributed by atoms with van der Waals surface area (Å²) in [7, 11) is 0. The van der Waals surface area contributed by atoms with Crippen molar-refractivity contribution < 1.29 is 9.15 Å². The molecule has 3 rings (SSSR count). The first kappa shape index (κ1) is 13.9. The molecule has 5 nitrogen and oxygen atoms in total. The van der Waals surface area contributed by atoms with Crippen LogP contribution in [-0.2, 0) is 18.4 Å².